The summed E-state index contributed by atoms with van der Waals surface area (Å²) in [5.74, 6) is 0.674. The molecular weight excluding hydrogens is 298 g/mol. The molecule has 1 aromatic carbocycles. The summed E-state index contributed by atoms with van der Waals surface area (Å²) in [6.45, 7) is 3.07. The molecule has 18 heavy (non-hydrogen) atoms. The van der Waals surface area contributed by atoms with Gasteiger partial charge in [0.25, 0.3) is 5.69 Å². The normalized spacial score (nSPS) is 16.5. The molecule has 6 heteroatoms. The van der Waals surface area contributed by atoms with Crippen LogP contribution in [-0.2, 0) is 0 Å². The van der Waals surface area contributed by atoms with E-state index in [0.717, 1.165) is 29.8 Å². The average Bonchev–Trinajstić information content (AvgIpc) is 2.38. The smallest absolute Gasteiger partial charge is 0.270 e. The van der Waals surface area contributed by atoms with Crippen molar-refractivity contribution in [2.75, 3.05) is 25.0 Å². The summed E-state index contributed by atoms with van der Waals surface area (Å²) in [5, 5.41) is 17.3. The van der Waals surface area contributed by atoms with E-state index in [1.165, 1.54) is 25.0 Å². The third-order valence-corrected chi connectivity index (χ3v) is 3.86. The van der Waals surface area contributed by atoms with Gasteiger partial charge in [-0.1, -0.05) is 0 Å². The zero-order chi connectivity index (χ0) is 13.0. The molecule has 0 unspecified atom stereocenters. The summed E-state index contributed by atoms with van der Waals surface area (Å²) in [5.41, 5.74) is 1.02. The number of halogens is 1. The Kier molecular flexibility index (Phi) is 4.54. The zero-order valence-corrected chi connectivity index (χ0v) is 11.6. The Morgan fingerprint density at radius 1 is 1.44 bits per heavy atom. The van der Waals surface area contributed by atoms with Crippen molar-refractivity contribution in [3.8, 4) is 0 Å². The molecule has 0 saturated carbocycles. The number of hydrogen-bond donors (Lipinski definition) is 2. The van der Waals surface area contributed by atoms with Crippen molar-refractivity contribution < 1.29 is 4.92 Å². The van der Waals surface area contributed by atoms with E-state index in [0.29, 0.717) is 5.92 Å². The van der Waals surface area contributed by atoms with Crippen LogP contribution in [0.25, 0.3) is 0 Å². The van der Waals surface area contributed by atoms with Gasteiger partial charge in [0.05, 0.1) is 4.92 Å². The SMILES string of the molecule is O=[N+]([O-])c1ccc(NCC2CCNCC2)c(Br)c1. The molecule has 1 aliphatic heterocycles. The van der Waals surface area contributed by atoms with Gasteiger partial charge >= 0.3 is 0 Å². The van der Waals surface area contributed by atoms with Crippen LogP contribution in [0.5, 0.6) is 0 Å². The fourth-order valence-electron chi connectivity index (χ4n) is 2.10. The number of non-ortho nitro benzene ring substituents is 1. The van der Waals surface area contributed by atoms with Crippen LogP contribution in [0.3, 0.4) is 0 Å². The van der Waals surface area contributed by atoms with E-state index in [1.807, 2.05) is 0 Å². The minimum Gasteiger partial charge on any atom is -0.384 e. The number of anilines is 1. The van der Waals surface area contributed by atoms with Gasteiger partial charge in [-0.2, -0.15) is 0 Å². The lowest BCUT2D eigenvalue weighted by Crippen LogP contribution is -2.31. The monoisotopic (exact) mass is 313 g/mol. The molecule has 1 heterocycles. The van der Waals surface area contributed by atoms with E-state index in [4.69, 9.17) is 0 Å². The Balaban J connectivity index is 1.94. The topological polar surface area (TPSA) is 67.2 Å². The number of nitro benzene ring substituents is 1. The lowest BCUT2D eigenvalue weighted by atomic mass is 9.98. The summed E-state index contributed by atoms with van der Waals surface area (Å²) in [6.07, 6.45) is 2.36. The van der Waals surface area contributed by atoms with Gasteiger partial charge in [0.15, 0.2) is 0 Å². The second-order valence-electron chi connectivity index (χ2n) is 4.50. The van der Waals surface area contributed by atoms with Gasteiger partial charge in [0.2, 0.25) is 0 Å². The number of rotatable bonds is 4. The van der Waals surface area contributed by atoms with E-state index in [9.17, 15) is 10.1 Å². The lowest BCUT2D eigenvalue weighted by Gasteiger charge is -2.23. The molecule has 98 valence electrons. The fraction of sp³-hybridized carbons (Fsp3) is 0.500. The summed E-state index contributed by atoms with van der Waals surface area (Å²) in [7, 11) is 0. The molecular formula is C12H16BrN3O2. The summed E-state index contributed by atoms with van der Waals surface area (Å²) in [6, 6.07) is 4.81. The third-order valence-electron chi connectivity index (χ3n) is 3.20. The fourth-order valence-corrected chi connectivity index (χ4v) is 2.61. The predicted octanol–water partition coefficient (Wildman–Crippen LogP) is 2.77. The van der Waals surface area contributed by atoms with Crippen LogP contribution in [0.15, 0.2) is 22.7 Å². The number of hydrogen-bond acceptors (Lipinski definition) is 4. The maximum atomic E-state index is 10.6. The Bertz CT molecular complexity index is 433. The molecule has 1 saturated heterocycles. The van der Waals surface area contributed by atoms with Crippen molar-refractivity contribution >= 4 is 27.3 Å². The quantitative estimate of drug-likeness (QED) is 0.662. The van der Waals surface area contributed by atoms with Crippen molar-refractivity contribution in [3.63, 3.8) is 0 Å². The van der Waals surface area contributed by atoms with E-state index >= 15 is 0 Å². The van der Waals surface area contributed by atoms with Gasteiger partial charge in [-0.25, -0.2) is 0 Å². The van der Waals surface area contributed by atoms with Gasteiger partial charge in [-0.3, -0.25) is 10.1 Å². The highest BCUT2D eigenvalue weighted by Gasteiger charge is 2.14. The van der Waals surface area contributed by atoms with E-state index in [2.05, 4.69) is 26.6 Å². The molecule has 0 aromatic heterocycles. The van der Waals surface area contributed by atoms with Crippen LogP contribution in [0.4, 0.5) is 11.4 Å². The minimum absolute atomic E-state index is 0.106. The molecule has 2 N–H and O–H groups in total. The molecule has 1 aliphatic rings. The van der Waals surface area contributed by atoms with Crippen molar-refractivity contribution in [1.29, 1.82) is 0 Å². The maximum Gasteiger partial charge on any atom is 0.270 e. The van der Waals surface area contributed by atoms with E-state index < -0.39 is 0 Å². The molecule has 1 aromatic rings. The summed E-state index contributed by atoms with van der Waals surface area (Å²) in [4.78, 5) is 10.2. The lowest BCUT2D eigenvalue weighted by molar-refractivity contribution is -0.384. The van der Waals surface area contributed by atoms with Gasteiger partial charge in [-0.15, -0.1) is 0 Å². The van der Waals surface area contributed by atoms with Gasteiger partial charge in [0.1, 0.15) is 0 Å². The van der Waals surface area contributed by atoms with Crippen LogP contribution >= 0.6 is 15.9 Å². The molecule has 1 fully saturated rings. The molecule has 2 rings (SSSR count). The van der Waals surface area contributed by atoms with Gasteiger partial charge in [-0.05, 0) is 53.8 Å². The maximum absolute atomic E-state index is 10.6. The molecule has 0 atom stereocenters. The molecule has 5 nitrogen and oxygen atoms in total. The van der Waals surface area contributed by atoms with Crippen molar-refractivity contribution in [2.24, 2.45) is 5.92 Å². The average molecular weight is 314 g/mol. The van der Waals surface area contributed by atoms with Crippen molar-refractivity contribution in [1.82, 2.24) is 5.32 Å². The number of nitrogens with one attached hydrogen (secondary N) is 2. The number of nitrogens with zero attached hydrogens (tertiary/aromatic N) is 1. The molecule has 0 bridgehead atoms. The first kappa shape index (κ1) is 13.3. The highest BCUT2D eigenvalue weighted by atomic mass is 79.9. The summed E-state index contributed by atoms with van der Waals surface area (Å²) < 4.78 is 0.741. The van der Waals surface area contributed by atoms with Gasteiger partial charge < -0.3 is 10.6 Å². The van der Waals surface area contributed by atoms with Crippen LogP contribution in [0.1, 0.15) is 12.8 Å². The number of nitro groups is 1. The first-order valence-electron chi connectivity index (χ1n) is 6.05. The Hall–Kier alpha value is -1.14. The van der Waals surface area contributed by atoms with Crippen LogP contribution in [-0.4, -0.2) is 24.6 Å². The Morgan fingerprint density at radius 3 is 2.78 bits per heavy atom. The van der Waals surface area contributed by atoms with Crippen LogP contribution in [0.2, 0.25) is 0 Å². The third kappa shape index (κ3) is 3.43. The first-order valence-corrected chi connectivity index (χ1v) is 6.84. The first-order chi connectivity index (χ1) is 8.66. The number of piperidine rings is 1. The highest BCUT2D eigenvalue weighted by Crippen LogP contribution is 2.27. The molecule has 0 amide bonds. The van der Waals surface area contributed by atoms with E-state index in [-0.39, 0.29) is 10.6 Å². The largest absolute Gasteiger partial charge is 0.384 e. The second-order valence-corrected chi connectivity index (χ2v) is 5.35. The Labute approximate surface area is 114 Å². The highest BCUT2D eigenvalue weighted by molar-refractivity contribution is 9.10. The van der Waals surface area contributed by atoms with Crippen molar-refractivity contribution in [2.45, 2.75) is 12.8 Å². The minimum atomic E-state index is -0.388. The zero-order valence-electron chi connectivity index (χ0n) is 9.99. The molecule has 0 spiro atoms. The molecule has 0 aliphatic carbocycles. The number of benzene rings is 1. The van der Waals surface area contributed by atoms with Crippen LogP contribution in [0, 0.1) is 16.0 Å². The van der Waals surface area contributed by atoms with Crippen LogP contribution < -0.4 is 10.6 Å². The second kappa shape index (κ2) is 6.15. The van der Waals surface area contributed by atoms with Gasteiger partial charge in [0, 0.05) is 28.8 Å². The summed E-state index contributed by atoms with van der Waals surface area (Å²) >= 11 is 3.36. The van der Waals surface area contributed by atoms with Crippen molar-refractivity contribution in [3.05, 3.63) is 32.8 Å². The standard InChI is InChI=1S/C12H16BrN3O2/c13-11-7-10(16(17)18)1-2-12(11)15-8-9-3-5-14-6-4-9/h1-2,7,9,14-15H,3-6,8H2. The Morgan fingerprint density at radius 2 is 2.17 bits per heavy atom. The predicted molar refractivity (Wildman–Crippen MR) is 74.9 cm³/mol. The van der Waals surface area contributed by atoms with E-state index in [1.54, 1.807) is 6.07 Å². The molecule has 0 radical (unpaired) electrons.